The number of sulfonamides is 1. The second-order valence-electron chi connectivity index (χ2n) is 4.12. The monoisotopic (exact) mass is 422 g/mol. The molecule has 1 aromatic carbocycles. The van der Waals surface area contributed by atoms with E-state index in [1.165, 1.54) is 0 Å². The topological polar surface area (TPSA) is 59.1 Å². The fraction of sp³-hybridized carbons (Fsp3) is 0.154. The van der Waals surface area contributed by atoms with E-state index in [0.29, 0.717) is 17.1 Å². The van der Waals surface area contributed by atoms with Gasteiger partial charge in [-0.2, -0.15) is 0 Å². The summed E-state index contributed by atoms with van der Waals surface area (Å²) < 4.78 is 27.5. The number of aryl methyl sites for hydroxylation is 1. The maximum absolute atomic E-state index is 12.0. The van der Waals surface area contributed by atoms with Crippen LogP contribution in [0.25, 0.3) is 0 Å². The maximum atomic E-state index is 12.0. The number of benzene rings is 1. The van der Waals surface area contributed by atoms with Crippen molar-refractivity contribution in [3.8, 4) is 0 Å². The normalized spacial score (nSPS) is 11.3. The molecule has 7 heteroatoms. The lowest BCUT2D eigenvalue weighted by Gasteiger charge is -2.09. The second-order valence-corrected chi connectivity index (χ2v) is 7.61. The molecule has 2 rings (SSSR count). The standard InChI is InChI=1S/C13H12ClIN2O2S/c14-12-9-10(15)4-5-13(12)17-20(18,19)8-6-11-3-1-2-7-16-11/h1-5,7,9,17H,6,8H2. The van der Waals surface area contributed by atoms with Gasteiger partial charge in [0.15, 0.2) is 0 Å². The smallest absolute Gasteiger partial charge is 0.233 e. The van der Waals surface area contributed by atoms with Gasteiger partial charge in [0.2, 0.25) is 10.0 Å². The lowest BCUT2D eigenvalue weighted by molar-refractivity contribution is 0.600. The first-order valence-corrected chi connectivity index (χ1v) is 8.93. The fourth-order valence-electron chi connectivity index (χ4n) is 1.58. The molecular weight excluding hydrogens is 411 g/mol. The Bertz CT molecular complexity index is 693. The van der Waals surface area contributed by atoms with Gasteiger partial charge in [0.1, 0.15) is 0 Å². The minimum Gasteiger partial charge on any atom is -0.282 e. The number of nitrogens with one attached hydrogen (secondary N) is 1. The summed E-state index contributed by atoms with van der Waals surface area (Å²) in [6, 6.07) is 10.6. The first kappa shape index (κ1) is 15.5. The third-order valence-electron chi connectivity index (χ3n) is 2.55. The van der Waals surface area contributed by atoms with Crippen LogP contribution in [0.1, 0.15) is 5.69 Å². The van der Waals surface area contributed by atoms with Crippen LogP contribution in [0.5, 0.6) is 0 Å². The van der Waals surface area contributed by atoms with E-state index in [0.717, 1.165) is 9.26 Å². The third-order valence-corrected chi connectivity index (χ3v) is 4.81. The van der Waals surface area contributed by atoms with Crippen LogP contribution in [0.2, 0.25) is 5.02 Å². The summed E-state index contributed by atoms with van der Waals surface area (Å²) in [5.41, 5.74) is 1.14. The number of nitrogens with zero attached hydrogens (tertiary/aromatic N) is 1. The molecule has 2 aromatic rings. The molecule has 0 saturated heterocycles. The quantitative estimate of drug-likeness (QED) is 0.752. The molecule has 106 valence electrons. The molecule has 20 heavy (non-hydrogen) atoms. The average molecular weight is 423 g/mol. The molecule has 0 unspecified atom stereocenters. The predicted octanol–water partition coefficient (Wildman–Crippen LogP) is 3.32. The van der Waals surface area contributed by atoms with Crippen molar-refractivity contribution in [1.29, 1.82) is 0 Å². The molecule has 0 amide bonds. The summed E-state index contributed by atoms with van der Waals surface area (Å²) in [6.07, 6.45) is 2.00. The summed E-state index contributed by atoms with van der Waals surface area (Å²) in [5, 5.41) is 0.387. The van der Waals surface area contributed by atoms with E-state index in [9.17, 15) is 8.42 Å². The van der Waals surface area contributed by atoms with Crippen LogP contribution in [-0.2, 0) is 16.4 Å². The van der Waals surface area contributed by atoms with E-state index in [1.54, 1.807) is 36.5 Å². The summed E-state index contributed by atoms with van der Waals surface area (Å²) >= 11 is 8.12. The molecule has 0 bridgehead atoms. The first-order chi connectivity index (χ1) is 9.46. The number of hydrogen-bond acceptors (Lipinski definition) is 3. The van der Waals surface area contributed by atoms with Crippen molar-refractivity contribution >= 4 is 49.9 Å². The van der Waals surface area contributed by atoms with Gasteiger partial charge in [0, 0.05) is 21.9 Å². The molecule has 0 aliphatic heterocycles. The Morgan fingerprint density at radius 1 is 1.25 bits per heavy atom. The Morgan fingerprint density at radius 3 is 2.70 bits per heavy atom. The van der Waals surface area contributed by atoms with E-state index in [1.807, 2.05) is 6.07 Å². The molecule has 0 radical (unpaired) electrons. The summed E-state index contributed by atoms with van der Waals surface area (Å²) in [5.74, 6) is -0.0354. The van der Waals surface area contributed by atoms with Gasteiger partial charge in [-0.3, -0.25) is 9.71 Å². The van der Waals surface area contributed by atoms with E-state index < -0.39 is 10.0 Å². The van der Waals surface area contributed by atoms with Gasteiger partial charge >= 0.3 is 0 Å². The van der Waals surface area contributed by atoms with Crippen molar-refractivity contribution in [3.05, 3.63) is 56.9 Å². The molecule has 1 heterocycles. The van der Waals surface area contributed by atoms with Crippen LogP contribution >= 0.6 is 34.2 Å². The van der Waals surface area contributed by atoms with Crippen molar-refractivity contribution in [2.24, 2.45) is 0 Å². The molecule has 0 atom stereocenters. The van der Waals surface area contributed by atoms with Gasteiger partial charge in [-0.15, -0.1) is 0 Å². The van der Waals surface area contributed by atoms with Gasteiger partial charge in [-0.25, -0.2) is 8.42 Å². The van der Waals surface area contributed by atoms with E-state index in [4.69, 9.17) is 11.6 Å². The molecule has 4 nitrogen and oxygen atoms in total. The van der Waals surface area contributed by atoms with Crippen molar-refractivity contribution < 1.29 is 8.42 Å². The van der Waals surface area contributed by atoms with Gasteiger partial charge in [0.05, 0.1) is 16.5 Å². The summed E-state index contributed by atoms with van der Waals surface area (Å²) in [7, 11) is -3.45. The van der Waals surface area contributed by atoms with Crippen molar-refractivity contribution in [2.75, 3.05) is 10.5 Å². The van der Waals surface area contributed by atoms with E-state index >= 15 is 0 Å². The SMILES string of the molecule is O=S(=O)(CCc1ccccn1)Nc1ccc(I)cc1Cl. The molecule has 1 aromatic heterocycles. The average Bonchev–Trinajstić information content (AvgIpc) is 2.41. The zero-order valence-electron chi connectivity index (χ0n) is 10.4. The first-order valence-electron chi connectivity index (χ1n) is 5.82. The number of pyridine rings is 1. The van der Waals surface area contributed by atoms with Crippen LogP contribution in [0.4, 0.5) is 5.69 Å². The molecule has 0 spiro atoms. The van der Waals surface area contributed by atoms with Crippen LogP contribution in [0, 0.1) is 3.57 Å². The van der Waals surface area contributed by atoms with Crippen molar-refractivity contribution in [3.63, 3.8) is 0 Å². The highest BCUT2D eigenvalue weighted by Gasteiger charge is 2.13. The zero-order valence-corrected chi connectivity index (χ0v) is 14.1. The van der Waals surface area contributed by atoms with Crippen LogP contribution in [0.3, 0.4) is 0 Å². The molecular formula is C13H12ClIN2O2S. The maximum Gasteiger partial charge on any atom is 0.233 e. The predicted molar refractivity (Wildman–Crippen MR) is 89.5 cm³/mol. The molecule has 0 aliphatic carbocycles. The van der Waals surface area contributed by atoms with Gasteiger partial charge < -0.3 is 0 Å². The van der Waals surface area contributed by atoms with Crippen LogP contribution < -0.4 is 4.72 Å². The Morgan fingerprint density at radius 2 is 2.05 bits per heavy atom. The Labute approximate surface area is 136 Å². The summed E-state index contributed by atoms with van der Waals surface area (Å²) in [6.45, 7) is 0. The van der Waals surface area contributed by atoms with E-state index in [2.05, 4.69) is 32.3 Å². The second kappa shape index (κ2) is 6.73. The number of halogens is 2. The molecule has 0 saturated carbocycles. The number of aromatic nitrogens is 1. The number of anilines is 1. The van der Waals surface area contributed by atoms with E-state index in [-0.39, 0.29) is 5.75 Å². The van der Waals surface area contributed by atoms with Crippen LogP contribution in [-0.4, -0.2) is 19.2 Å². The highest BCUT2D eigenvalue weighted by Crippen LogP contribution is 2.24. The van der Waals surface area contributed by atoms with Crippen molar-refractivity contribution in [1.82, 2.24) is 4.98 Å². The Balaban J connectivity index is 2.04. The molecule has 1 N–H and O–H groups in total. The Hall–Kier alpha value is -0.860. The van der Waals surface area contributed by atoms with Gasteiger partial charge in [0.25, 0.3) is 0 Å². The van der Waals surface area contributed by atoms with Gasteiger partial charge in [-0.1, -0.05) is 17.7 Å². The Kier molecular flexibility index (Phi) is 5.22. The van der Waals surface area contributed by atoms with Crippen molar-refractivity contribution in [2.45, 2.75) is 6.42 Å². The molecule has 0 fully saturated rings. The van der Waals surface area contributed by atoms with Gasteiger partial charge in [-0.05, 0) is 52.9 Å². The minimum absolute atomic E-state index is 0.0354. The summed E-state index contributed by atoms with van der Waals surface area (Å²) in [4.78, 5) is 4.10. The highest BCUT2D eigenvalue weighted by molar-refractivity contribution is 14.1. The van der Waals surface area contributed by atoms with Crippen LogP contribution in [0.15, 0.2) is 42.6 Å². The zero-order chi connectivity index (χ0) is 14.6. The minimum atomic E-state index is -3.45. The molecule has 0 aliphatic rings. The fourth-order valence-corrected chi connectivity index (χ4v) is 3.63. The highest BCUT2D eigenvalue weighted by atomic mass is 127. The number of rotatable bonds is 5. The third kappa shape index (κ3) is 4.60. The largest absolute Gasteiger partial charge is 0.282 e. The number of hydrogen-bond donors (Lipinski definition) is 1. The lowest BCUT2D eigenvalue weighted by atomic mass is 10.3. The lowest BCUT2D eigenvalue weighted by Crippen LogP contribution is -2.18.